The summed E-state index contributed by atoms with van der Waals surface area (Å²) in [6, 6.07) is 16.9. The van der Waals surface area contributed by atoms with E-state index in [1.165, 1.54) is 11.8 Å². The van der Waals surface area contributed by atoms with Crippen molar-refractivity contribution >= 4 is 23.6 Å². The number of amides is 1. The van der Waals surface area contributed by atoms with Crippen LogP contribution < -0.4 is 34.9 Å². The summed E-state index contributed by atoms with van der Waals surface area (Å²) in [5.74, 6) is -0.898. The molecule has 0 fully saturated rings. The molecule has 0 aliphatic rings. The second-order valence-corrected chi connectivity index (χ2v) is 7.99. The number of carbonyl (C=O) groups excluding carboxylic acids is 1. The van der Waals surface area contributed by atoms with Crippen LogP contribution in [-0.4, -0.2) is 45.1 Å². The van der Waals surface area contributed by atoms with Crippen LogP contribution in [0.15, 0.2) is 73.1 Å². The Morgan fingerprint density at radius 3 is 2.38 bits per heavy atom. The molecule has 0 aliphatic heterocycles. The molecule has 6 nitrogen and oxygen atoms in total. The van der Waals surface area contributed by atoms with Gasteiger partial charge in [0.1, 0.15) is 12.1 Å². The first-order valence-electron chi connectivity index (χ1n) is 9.81. The summed E-state index contributed by atoms with van der Waals surface area (Å²) in [7, 11) is 0. The minimum Gasteiger partial charge on any atom is -1.00 e. The average Bonchev–Trinajstić information content (AvgIpc) is 2.81. The first-order chi connectivity index (χ1) is 15.0. The molecule has 0 aliphatic carbocycles. The zero-order valence-corrected chi connectivity index (χ0v) is 20.9. The molecule has 1 amide bonds. The fraction of sp³-hybridized carbons (Fsp3) is 0.208. The topological polar surface area (TPSA) is 99.5 Å². The van der Waals surface area contributed by atoms with Crippen LogP contribution in [0.5, 0.6) is 0 Å². The Labute approximate surface area is 215 Å². The molecular formula is C24H25N2NaO4S. The van der Waals surface area contributed by atoms with E-state index >= 15 is 0 Å². The fourth-order valence-electron chi connectivity index (χ4n) is 3.25. The number of nitrogens with zero attached hydrogens (tertiary/aromatic N) is 1. The van der Waals surface area contributed by atoms with E-state index < -0.39 is 24.0 Å². The third kappa shape index (κ3) is 6.67. The smallest absolute Gasteiger partial charge is 1.00 e. The molecule has 3 aromatic rings. The summed E-state index contributed by atoms with van der Waals surface area (Å²) in [6.45, 7) is 0. The molecule has 3 N–H and O–H groups in total. The quantitative estimate of drug-likeness (QED) is 0.410. The van der Waals surface area contributed by atoms with Gasteiger partial charge in [-0.1, -0.05) is 36.4 Å². The molecule has 0 saturated carbocycles. The first-order valence-corrected chi connectivity index (χ1v) is 11.2. The maximum atomic E-state index is 13.0. The molecule has 0 saturated heterocycles. The number of thioether (sulfide) groups is 1. The van der Waals surface area contributed by atoms with E-state index in [0.717, 1.165) is 5.56 Å². The van der Waals surface area contributed by atoms with Gasteiger partial charge in [0.15, 0.2) is 0 Å². The number of rotatable bonds is 9. The summed E-state index contributed by atoms with van der Waals surface area (Å²) >= 11 is 1.53. The van der Waals surface area contributed by atoms with E-state index in [0.29, 0.717) is 34.4 Å². The molecule has 2 aromatic carbocycles. The summed E-state index contributed by atoms with van der Waals surface area (Å²) in [4.78, 5) is 28.6. The van der Waals surface area contributed by atoms with E-state index in [-0.39, 0.29) is 31.0 Å². The standard InChI is InChI=1S/C24H24N2O4S.Na.H/c1-31-14-11-21(24(29)30)26-23(28)19-8-7-18(22(27)17-9-12-25-13-10-17)15-20(19)16-5-3-2-4-6-16;;/h2-10,12-13,15,21-22,27H,11,14H2,1H3,(H,26,28)(H,29,30);;/q;+1;-1. The predicted octanol–water partition coefficient (Wildman–Crippen LogP) is 0.883. The summed E-state index contributed by atoms with van der Waals surface area (Å²) in [6.07, 6.45) is 4.57. The van der Waals surface area contributed by atoms with Crippen LogP contribution in [0, 0.1) is 0 Å². The van der Waals surface area contributed by atoms with Gasteiger partial charge in [-0.25, -0.2) is 4.79 Å². The van der Waals surface area contributed by atoms with Gasteiger partial charge < -0.3 is 17.0 Å². The largest absolute Gasteiger partial charge is 1.00 e. The molecule has 0 spiro atoms. The number of aromatic nitrogens is 1. The Morgan fingerprint density at radius 1 is 1.06 bits per heavy atom. The molecule has 162 valence electrons. The van der Waals surface area contributed by atoms with Crippen LogP contribution in [0.1, 0.15) is 35.4 Å². The molecule has 0 radical (unpaired) electrons. The Bertz CT molecular complexity index is 1040. The number of pyridine rings is 1. The average molecular weight is 461 g/mol. The number of hydrogen-bond acceptors (Lipinski definition) is 5. The molecule has 0 bridgehead atoms. The van der Waals surface area contributed by atoms with Gasteiger partial charge in [0.05, 0.1) is 0 Å². The molecule has 8 heteroatoms. The summed E-state index contributed by atoms with van der Waals surface area (Å²) in [5.41, 5.74) is 3.09. The van der Waals surface area contributed by atoms with Crippen molar-refractivity contribution in [3.63, 3.8) is 0 Å². The Kier molecular flexibility index (Phi) is 10.4. The zero-order valence-electron chi connectivity index (χ0n) is 19.1. The van der Waals surface area contributed by atoms with Crippen molar-refractivity contribution in [3.8, 4) is 11.1 Å². The number of carboxylic acids is 1. The van der Waals surface area contributed by atoms with E-state index in [1.807, 2.05) is 36.6 Å². The Balaban J connectivity index is 0.00000272. The molecular weight excluding hydrogens is 435 g/mol. The second kappa shape index (κ2) is 12.8. The molecule has 1 heterocycles. The number of hydrogen-bond donors (Lipinski definition) is 3. The Morgan fingerprint density at radius 2 is 1.75 bits per heavy atom. The predicted molar refractivity (Wildman–Crippen MR) is 123 cm³/mol. The SMILES string of the molecule is CSCCC(NC(=O)c1ccc(C(O)c2ccncc2)cc1-c1ccccc1)C(=O)O.[H-].[Na+]. The first kappa shape index (κ1) is 26.1. The third-order valence-electron chi connectivity index (χ3n) is 4.92. The Hall–Kier alpha value is -2.16. The van der Waals surface area contributed by atoms with Crippen LogP contribution in [0.25, 0.3) is 11.1 Å². The van der Waals surface area contributed by atoms with E-state index in [1.54, 1.807) is 42.7 Å². The number of carbonyl (C=O) groups is 2. The van der Waals surface area contributed by atoms with Crippen LogP contribution in [0.4, 0.5) is 0 Å². The zero-order chi connectivity index (χ0) is 22.2. The number of aliphatic hydroxyl groups excluding tert-OH is 1. The number of benzene rings is 2. The number of carboxylic acid groups (broad SMARTS) is 1. The molecule has 3 rings (SSSR count). The summed E-state index contributed by atoms with van der Waals surface area (Å²) < 4.78 is 0. The fourth-order valence-corrected chi connectivity index (χ4v) is 3.73. The second-order valence-electron chi connectivity index (χ2n) is 7.00. The van der Waals surface area contributed by atoms with Crippen molar-refractivity contribution in [1.82, 2.24) is 10.3 Å². The molecule has 2 unspecified atom stereocenters. The third-order valence-corrected chi connectivity index (χ3v) is 5.57. The van der Waals surface area contributed by atoms with Gasteiger partial charge >= 0.3 is 35.5 Å². The van der Waals surface area contributed by atoms with Gasteiger partial charge in [-0.15, -0.1) is 0 Å². The maximum absolute atomic E-state index is 13.0. The van der Waals surface area contributed by atoms with Crippen molar-refractivity contribution in [2.45, 2.75) is 18.6 Å². The minimum atomic E-state index is -1.06. The van der Waals surface area contributed by atoms with E-state index in [4.69, 9.17) is 0 Å². The van der Waals surface area contributed by atoms with E-state index in [9.17, 15) is 19.8 Å². The van der Waals surface area contributed by atoms with Crippen molar-refractivity contribution in [1.29, 1.82) is 0 Å². The number of nitrogens with one attached hydrogen (secondary N) is 1. The van der Waals surface area contributed by atoms with Gasteiger partial charge in [-0.2, -0.15) is 11.8 Å². The van der Waals surface area contributed by atoms with Crippen LogP contribution >= 0.6 is 11.8 Å². The van der Waals surface area contributed by atoms with Gasteiger partial charge in [0.2, 0.25) is 0 Å². The van der Waals surface area contributed by atoms with Gasteiger partial charge in [0.25, 0.3) is 5.91 Å². The van der Waals surface area contributed by atoms with E-state index in [2.05, 4.69) is 10.3 Å². The molecule has 2 atom stereocenters. The maximum Gasteiger partial charge on any atom is 1.00 e. The minimum absolute atomic E-state index is 0. The monoisotopic (exact) mass is 460 g/mol. The van der Waals surface area contributed by atoms with Crippen molar-refractivity contribution in [2.75, 3.05) is 12.0 Å². The van der Waals surface area contributed by atoms with Gasteiger partial charge in [-0.3, -0.25) is 9.78 Å². The molecule has 1 aromatic heterocycles. The van der Waals surface area contributed by atoms with Crippen molar-refractivity contribution < 1.29 is 50.8 Å². The molecule has 32 heavy (non-hydrogen) atoms. The normalized spacial score (nSPS) is 12.3. The summed E-state index contributed by atoms with van der Waals surface area (Å²) in [5, 5.41) is 22.9. The van der Waals surface area contributed by atoms with Gasteiger partial charge in [-0.05, 0) is 64.9 Å². The number of aliphatic hydroxyl groups is 1. The van der Waals surface area contributed by atoms with Crippen LogP contribution in [0.2, 0.25) is 0 Å². The van der Waals surface area contributed by atoms with Crippen LogP contribution in [-0.2, 0) is 4.79 Å². The van der Waals surface area contributed by atoms with Gasteiger partial charge in [0, 0.05) is 18.0 Å². The van der Waals surface area contributed by atoms with Crippen molar-refractivity contribution in [3.05, 3.63) is 89.7 Å². The van der Waals surface area contributed by atoms with Crippen LogP contribution in [0.3, 0.4) is 0 Å². The number of aliphatic carboxylic acids is 1. The van der Waals surface area contributed by atoms with Crippen molar-refractivity contribution in [2.24, 2.45) is 0 Å².